The molecule has 0 N–H and O–H groups in total. The Hall–Kier alpha value is -0.540. The molecule has 3 nitrogen and oxygen atoms in total. The number of hydrogen-bond acceptors (Lipinski definition) is 2. The average Bonchev–Trinajstić information content (AvgIpc) is 2.98. The molecule has 1 atom stereocenters. The highest BCUT2D eigenvalue weighted by atomic mass is 35.5. The largest absolute Gasteiger partial charge is 0.306 e. The molecule has 15 heavy (non-hydrogen) atoms. The van der Waals surface area contributed by atoms with E-state index in [0.717, 1.165) is 6.42 Å². The van der Waals surface area contributed by atoms with Gasteiger partial charge in [0, 0.05) is 12.2 Å². The van der Waals surface area contributed by atoms with E-state index in [1.54, 1.807) is 10.8 Å². The second kappa shape index (κ2) is 4.14. The van der Waals surface area contributed by atoms with Crippen LogP contribution in [0.4, 0.5) is 0 Å². The summed E-state index contributed by atoms with van der Waals surface area (Å²) in [5, 5.41) is 0.236. The predicted molar refractivity (Wildman–Crippen MR) is 60.6 cm³/mol. The van der Waals surface area contributed by atoms with Crippen LogP contribution in [0.2, 0.25) is 10.3 Å². The second-order valence-corrected chi connectivity index (χ2v) is 4.63. The zero-order valence-electron chi connectivity index (χ0n) is 8.41. The molecule has 1 heterocycles. The summed E-state index contributed by atoms with van der Waals surface area (Å²) in [5.41, 5.74) is -0.236. The third kappa shape index (κ3) is 2.18. The number of nitrogens with zero attached hydrogens (tertiary/aromatic N) is 2. The minimum Gasteiger partial charge on any atom is -0.306 e. The monoisotopic (exact) mass is 246 g/mol. The topological polar surface area (TPSA) is 34.9 Å². The van der Waals surface area contributed by atoms with E-state index >= 15 is 0 Å². The molecule has 1 fully saturated rings. The van der Waals surface area contributed by atoms with Crippen molar-refractivity contribution in [2.45, 2.75) is 32.2 Å². The van der Waals surface area contributed by atoms with Crippen molar-refractivity contribution in [2.75, 3.05) is 0 Å². The van der Waals surface area contributed by atoms with Gasteiger partial charge in [0.15, 0.2) is 5.15 Å². The van der Waals surface area contributed by atoms with E-state index < -0.39 is 0 Å². The molecule has 0 aliphatic heterocycles. The summed E-state index contributed by atoms with van der Waals surface area (Å²) in [5.74, 6) is 0.599. The number of halogens is 2. The van der Waals surface area contributed by atoms with Crippen molar-refractivity contribution >= 4 is 23.2 Å². The molecular formula is C10H12Cl2N2O. The van der Waals surface area contributed by atoms with Crippen LogP contribution < -0.4 is 5.56 Å². The van der Waals surface area contributed by atoms with Crippen molar-refractivity contribution in [3.8, 4) is 0 Å². The van der Waals surface area contributed by atoms with Gasteiger partial charge in [0.1, 0.15) is 5.15 Å². The summed E-state index contributed by atoms with van der Waals surface area (Å²) >= 11 is 11.5. The van der Waals surface area contributed by atoms with Crippen LogP contribution in [0, 0.1) is 5.92 Å². The quantitative estimate of drug-likeness (QED) is 0.823. The highest BCUT2D eigenvalue weighted by molar-refractivity contribution is 6.32. The van der Waals surface area contributed by atoms with E-state index in [1.165, 1.54) is 12.8 Å². The highest BCUT2D eigenvalue weighted by Crippen LogP contribution is 2.41. The fourth-order valence-electron chi connectivity index (χ4n) is 1.93. The fraction of sp³-hybridized carbons (Fsp3) is 0.600. The van der Waals surface area contributed by atoms with E-state index in [4.69, 9.17) is 23.2 Å². The number of rotatable bonds is 3. The Bertz CT molecular complexity index is 426. The minimum absolute atomic E-state index is 0.0402. The Morgan fingerprint density at radius 2 is 2.27 bits per heavy atom. The van der Waals surface area contributed by atoms with Crippen molar-refractivity contribution in [1.29, 1.82) is 0 Å². The van der Waals surface area contributed by atoms with Crippen molar-refractivity contribution in [2.24, 2.45) is 5.92 Å². The molecule has 1 aromatic heterocycles. The third-order valence-corrected chi connectivity index (χ3v) is 3.23. The highest BCUT2D eigenvalue weighted by Gasteiger charge is 2.32. The molecule has 82 valence electrons. The molecule has 5 heteroatoms. The molecule has 1 aromatic rings. The first-order valence-corrected chi connectivity index (χ1v) is 5.83. The molecule has 0 saturated heterocycles. The lowest BCUT2D eigenvalue weighted by Crippen LogP contribution is -2.26. The maximum absolute atomic E-state index is 11.8. The normalized spacial score (nSPS) is 17.8. The average molecular weight is 247 g/mol. The molecule has 0 amide bonds. The van der Waals surface area contributed by atoms with E-state index in [0.29, 0.717) is 5.92 Å². The van der Waals surface area contributed by atoms with Gasteiger partial charge in [0.25, 0.3) is 5.56 Å². The van der Waals surface area contributed by atoms with Gasteiger partial charge in [0.2, 0.25) is 0 Å². The minimum atomic E-state index is -0.236. The lowest BCUT2D eigenvalue weighted by Gasteiger charge is -2.17. The van der Waals surface area contributed by atoms with E-state index in [2.05, 4.69) is 11.9 Å². The van der Waals surface area contributed by atoms with E-state index in [-0.39, 0.29) is 21.9 Å². The molecule has 0 unspecified atom stereocenters. The van der Waals surface area contributed by atoms with Gasteiger partial charge < -0.3 is 4.57 Å². The lowest BCUT2D eigenvalue weighted by atomic mass is 10.1. The summed E-state index contributed by atoms with van der Waals surface area (Å²) in [6.45, 7) is 2.07. The zero-order valence-corrected chi connectivity index (χ0v) is 9.92. The Morgan fingerprint density at radius 3 is 2.80 bits per heavy atom. The van der Waals surface area contributed by atoms with Crippen LogP contribution in [0.25, 0.3) is 0 Å². The first kappa shape index (κ1) is 11.0. The summed E-state index contributed by atoms with van der Waals surface area (Å²) < 4.78 is 1.63. The summed E-state index contributed by atoms with van der Waals surface area (Å²) in [6, 6.07) is 0.218. The van der Waals surface area contributed by atoms with Gasteiger partial charge in [-0.2, -0.15) is 0 Å². The first-order valence-electron chi connectivity index (χ1n) is 5.07. The van der Waals surface area contributed by atoms with E-state index in [9.17, 15) is 4.79 Å². The Balaban J connectivity index is 2.45. The molecule has 0 spiro atoms. The van der Waals surface area contributed by atoms with Crippen molar-refractivity contribution in [3.63, 3.8) is 0 Å². The van der Waals surface area contributed by atoms with E-state index in [1.807, 2.05) is 0 Å². The molecule has 1 saturated carbocycles. The van der Waals surface area contributed by atoms with Gasteiger partial charge in [0.05, 0.1) is 0 Å². The summed E-state index contributed by atoms with van der Waals surface area (Å²) in [4.78, 5) is 15.5. The predicted octanol–water partition coefficient (Wildman–Crippen LogP) is 2.91. The maximum atomic E-state index is 11.8. The standard InChI is InChI=1S/C10H12Cl2N2O/c1-2-7(6-3-4-6)14-5-8(11)13-9(12)10(14)15/h5-7H,2-4H2,1H3/t7-/m1/s1. The van der Waals surface area contributed by atoms with Gasteiger partial charge in [-0.3, -0.25) is 4.79 Å². The van der Waals surface area contributed by atoms with Crippen molar-refractivity contribution in [1.82, 2.24) is 9.55 Å². The Labute approximate surface area is 98.0 Å². The third-order valence-electron chi connectivity index (χ3n) is 2.80. The van der Waals surface area contributed by atoms with Crippen LogP contribution in [-0.4, -0.2) is 9.55 Å². The molecular weight excluding hydrogens is 235 g/mol. The molecule has 1 aliphatic rings. The van der Waals surface area contributed by atoms with Gasteiger partial charge >= 0.3 is 0 Å². The summed E-state index contributed by atoms with van der Waals surface area (Å²) in [7, 11) is 0. The maximum Gasteiger partial charge on any atom is 0.288 e. The fourth-order valence-corrected chi connectivity index (χ4v) is 2.36. The van der Waals surface area contributed by atoms with Crippen LogP contribution in [0.5, 0.6) is 0 Å². The van der Waals surface area contributed by atoms with Crippen LogP contribution in [0.15, 0.2) is 11.0 Å². The van der Waals surface area contributed by atoms with Crippen LogP contribution in [-0.2, 0) is 0 Å². The lowest BCUT2D eigenvalue weighted by molar-refractivity contribution is 0.418. The van der Waals surface area contributed by atoms with Crippen LogP contribution in [0.3, 0.4) is 0 Å². The molecule has 0 aromatic carbocycles. The number of aromatic nitrogens is 2. The summed E-state index contributed by atoms with van der Waals surface area (Å²) in [6.07, 6.45) is 4.87. The van der Waals surface area contributed by atoms with Gasteiger partial charge in [-0.15, -0.1) is 0 Å². The molecule has 1 aliphatic carbocycles. The Kier molecular flexibility index (Phi) is 3.03. The molecule has 2 rings (SSSR count). The van der Waals surface area contributed by atoms with Gasteiger partial charge in [-0.1, -0.05) is 30.1 Å². The van der Waals surface area contributed by atoms with Gasteiger partial charge in [-0.25, -0.2) is 4.98 Å². The Morgan fingerprint density at radius 1 is 1.60 bits per heavy atom. The van der Waals surface area contributed by atoms with Crippen molar-refractivity contribution < 1.29 is 0 Å². The number of hydrogen-bond donors (Lipinski definition) is 0. The second-order valence-electron chi connectivity index (χ2n) is 3.88. The van der Waals surface area contributed by atoms with Crippen LogP contribution in [0.1, 0.15) is 32.2 Å². The zero-order chi connectivity index (χ0) is 11.0. The smallest absolute Gasteiger partial charge is 0.288 e. The first-order chi connectivity index (χ1) is 7.13. The SMILES string of the molecule is CC[C@H](C1CC1)n1cc(Cl)nc(Cl)c1=O. The van der Waals surface area contributed by atoms with Crippen molar-refractivity contribution in [3.05, 3.63) is 26.9 Å². The molecule has 0 radical (unpaired) electrons. The van der Waals surface area contributed by atoms with Gasteiger partial charge in [-0.05, 0) is 25.2 Å². The van der Waals surface area contributed by atoms with Crippen LogP contribution >= 0.6 is 23.2 Å². The molecule has 0 bridgehead atoms.